The fourth-order valence-electron chi connectivity index (χ4n) is 2.13. The lowest BCUT2D eigenvalue weighted by Crippen LogP contribution is -2.40. The molecule has 23 heavy (non-hydrogen) atoms. The molecule has 0 aromatic carbocycles. The van der Waals surface area contributed by atoms with Gasteiger partial charge in [-0.1, -0.05) is 0 Å². The van der Waals surface area contributed by atoms with Crippen molar-refractivity contribution >= 4 is 21.7 Å². The molecule has 1 aliphatic heterocycles. The molecule has 0 saturated carbocycles. The summed E-state index contributed by atoms with van der Waals surface area (Å²) in [5.41, 5.74) is 0.619. The molecule has 0 aliphatic carbocycles. The van der Waals surface area contributed by atoms with Crippen LogP contribution < -0.4 is 0 Å². The number of rotatable bonds is 4. The lowest BCUT2D eigenvalue weighted by Gasteiger charge is -2.27. The number of hydrogen-bond donors (Lipinski definition) is 1. The van der Waals surface area contributed by atoms with Gasteiger partial charge in [0.2, 0.25) is 15.0 Å². The summed E-state index contributed by atoms with van der Waals surface area (Å²) in [5.74, 6) is -1.35. The Labute approximate surface area is 134 Å². The number of amides is 1. The van der Waals surface area contributed by atoms with E-state index in [-0.39, 0.29) is 29.6 Å². The number of aliphatic carboxylic acids is 1. The Bertz CT molecular complexity index is 752. The molecule has 1 aromatic rings. The van der Waals surface area contributed by atoms with Gasteiger partial charge in [-0.3, -0.25) is 9.59 Å². The number of carbonyl (C=O) groups is 2. The van der Waals surface area contributed by atoms with Crippen molar-refractivity contribution in [3.8, 4) is 0 Å². The maximum absolute atomic E-state index is 12.4. The van der Waals surface area contributed by atoms with E-state index in [1.165, 1.54) is 11.1 Å². The van der Waals surface area contributed by atoms with Crippen molar-refractivity contribution in [1.82, 2.24) is 14.9 Å². The molecule has 2 rings (SSSR count). The van der Waals surface area contributed by atoms with E-state index in [1.807, 2.05) is 0 Å². The number of fused-ring (bicyclic) bond motifs is 1. The highest BCUT2D eigenvalue weighted by Gasteiger charge is 2.35. The van der Waals surface area contributed by atoms with Crippen LogP contribution in [0.25, 0.3) is 0 Å². The van der Waals surface area contributed by atoms with Crippen LogP contribution in [-0.2, 0) is 21.1 Å². The predicted octanol–water partition coefficient (Wildman–Crippen LogP) is 0.522. The lowest BCUT2D eigenvalue weighted by molar-refractivity contribution is -0.137. The highest BCUT2D eigenvalue weighted by molar-refractivity contribution is 7.92. The van der Waals surface area contributed by atoms with Crippen molar-refractivity contribution in [1.29, 1.82) is 0 Å². The van der Waals surface area contributed by atoms with Crippen LogP contribution >= 0.6 is 0 Å². The van der Waals surface area contributed by atoms with E-state index >= 15 is 0 Å². The van der Waals surface area contributed by atoms with Crippen molar-refractivity contribution < 1.29 is 23.1 Å². The summed E-state index contributed by atoms with van der Waals surface area (Å²) in [7, 11) is -3.69. The van der Waals surface area contributed by atoms with Crippen LogP contribution in [0.2, 0.25) is 0 Å². The molecule has 0 atom stereocenters. The largest absolute Gasteiger partial charge is 0.481 e. The van der Waals surface area contributed by atoms with E-state index in [9.17, 15) is 18.0 Å². The van der Waals surface area contributed by atoms with Gasteiger partial charge in [-0.2, -0.15) is 0 Å². The quantitative estimate of drug-likeness (QED) is 0.793. The maximum atomic E-state index is 12.4. The van der Waals surface area contributed by atoms with Crippen LogP contribution in [0.4, 0.5) is 0 Å². The minimum atomic E-state index is -3.69. The molecule has 8 nitrogen and oxygen atoms in total. The predicted molar refractivity (Wildman–Crippen MR) is 80.8 cm³/mol. The Hall–Kier alpha value is -2.03. The van der Waals surface area contributed by atoms with Crippen molar-refractivity contribution in [2.45, 2.75) is 43.5 Å². The molecule has 1 amide bonds. The Balaban J connectivity index is 2.31. The first-order chi connectivity index (χ1) is 10.5. The Kier molecular flexibility index (Phi) is 4.43. The van der Waals surface area contributed by atoms with Crippen LogP contribution in [0.1, 0.15) is 43.2 Å². The summed E-state index contributed by atoms with van der Waals surface area (Å²) >= 11 is 0. The zero-order chi connectivity index (χ0) is 17.4. The zero-order valence-corrected chi connectivity index (χ0v) is 14.1. The third-order valence-corrected chi connectivity index (χ3v) is 5.91. The summed E-state index contributed by atoms with van der Waals surface area (Å²) in [4.78, 5) is 32.2. The zero-order valence-electron chi connectivity index (χ0n) is 13.2. The SMILES string of the molecule is CC(C)(C)S(=O)(=O)c1ncc2c(n1)CCN(CCC(=O)O)C2=O. The van der Waals surface area contributed by atoms with Gasteiger partial charge in [0.1, 0.15) is 0 Å². The van der Waals surface area contributed by atoms with Crippen molar-refractivity contribution in [2.24, 2.45) is 0 Å². The van der Waals surface area contributed by atoms with Gasteiger partial charge in [0.05, 0.1) is 22.4 Å². The van der Waals surface area contributed by atoms with Gasteiger partial charge in [0.25, 0.3) is 5.91 Å². The van der Waals surface area contributed by atoms with Gasteiger partial charge in [0, 0.05) is 25.7 Å². The van der Waals surface area contributed by atoms with E-state index in [0.29, 0.717) is 18.7 Å². The molecule has 0 saturated heterocycles. The molecule has 0 bridgehead atoms. The molecule has 0 spiro atoms. The summed E-state index contributed by atoms with van der Waals surface area (Å²) in [6, 6.07) is 0. The minimum absolute atomic E-state index is 0.107. The molecule has 1 N–H and O–H groups in total. The minimum Gasteiger partial charge on any atom is -0.481 e. The van der Waals surface area contributed by atoms with Crippen LogP contribution in [0.3, 0.4) is 0 Å². The third kappa shape index (κ3) is 3.34. The Morgan fingerprint density at radius 2 is 2.04 bits per heavy atom. The molecular formula is C14H19N3O5S. The van der Waals surface area contributed by atoms with Crippen LogP contribution in [0.5, 0.6) is 0 Å². The Morgan fingerprint density at radius 3 is 2.61 bits per heavy atom. The molecule has 126 valence electrons. The van der Waals surface area contributed by atoms with Gasteiger partial charge < -0.3 is 10.0 Å². The summed E-state index contributed by atoms with van der Waals surface area (Å²) in [6.07, 6.45) is 1.45. The number of carbonyl (C=O) groups excluding carboxylic acids is 1. The third-order valence-electron chi connectivity index (χ3n) is 3.62. The van der Waals surface area contributed by atoms with E-state index < -0.39 is 20.6 Å². The second kappa shape index (κ2) is 5.88. The van der Waals surface area contributed by atoms with Crippen LogP contribution in [0.15, 0.2) is 11.4 Å². The van der Waals surface area contributed by atoms with Gasteiger partial charge >= 0.3 is 5.97 Å². The summed E-state index contributed by atoms with van der Waals surface area (Å²) in [5, 5.41) is 8.42. The van der Waals surface area contributed by atoms with Crippen LogP contribution in [-0.4, -0.2) is 58.1 Å². The number of nitrogens with zero attached hydrogens (tertiary/aromatic N) is 3. The van der Waals surface area contributed by atoms with Gasteiger partial charge in [-0.25, -0.2) is 18.4 Å². The first-order valence-electron chi connectivity index (χ1n) is 7.15. The topological polar surface area (TPSA) is 118 Å². The maximum Gasteiger partial charge on any atom is 0.305 e. The van der Waals surface area contributed by atoms with Gasteiger partial charge in [-0.15, -0.1) is 0 Å². The summed E-state index contributed by atoms with van der Waals surface area (Å²) in [6.45, 7) is 5.10. The number of hydrogen-bond acceptors (Lipinski definition) is 6. The average Bonchev–Trinajstić information content (AvgIpc) is 2.44. The highest BCUT2D eigenvalue weighted by atomic mass is 32.2. The van der Waals surface area contributed by atoms with E-state index in [1.54, 1.807) is 20.8 Å². The smallest absolute Gasteiger partial charge is 0.305 e. The monoisotopic (exact) mass is 341 g/mol. The molecule has 2 heterocycles. The van der Waals surface area contributed by atoms with E-state index in [2.05, 4.69) is 9.97 Å². The summed E-state index contributed by atoms with van der Waals surface area (Å²) < 4.78 is 23.7. The molecule has 0 radical (unpaired) electrons. The second-order valence-corrected chi connectivity index (χ2v) is 8.91. The second-order valence-electron chi connectivity index (χ2n) is 6.31. The standard InChI is InChI=1S/C14H19N3O5S/c1-14(2,3)23(21,22)13-15-8-9-10(16-13)4-6-17(12(9)20)7-5-11(18)19/h8H,4-7H2,1-3H3,(H,18,19). The lowest BCUT2D eigenvalue weighted by atomic mass is 10.1. The van der Waals surface area contributed by atoms with Gasteiger partial charge in [-0.05, 0) is 20.8 Å². The number of carboxylic acid groups (broad SMARTS) is 1. The first-order valence-corrected chi connectivity index (χ1v) is 8.64. The van der Waals surface area contributed by atoms with E-state index in [4.69, 9.17) is 5.11 Å². The van der Waals surface area contributed by atoms with Gasteiger partial charge in [0.15, 0.2) is 0 Å². The van der Waals surface area contributed by atoms with Crippen LogP contribution in [0, 0.1) is 0 Å². The molecule has 9 heteroatoms. The average molecular weight is 341 g/mol. The highest BCUT2D eigenvalue weighted by Crippen LogP contribution is 2.24. The first kappa shape index (κ1) is 17.3. The fourth-order valence-corrected chi connectivity index (χ4v) is 3.10. The molecule has 1 aromatic heterocycles. The number of sulfone groups is 1. The number of carboxylic acids is 1. The fraction of sp³-hybridized carbons (Fsp3) is 0.571. The molecule has 0 fully saturated rings. The molecule has 1 aliphatic rings. The number of aromatic nitrogens is 2. The van der Waals surface area contributed by atoms with Crippen molar-refractivity contribution in [3.63, 3.8) is 0 Å². The van der Waals surface area contributed by atoms with Crippen molar-refractivity contribution in [2.75, 3.05) is 13.1 Å². The molecular weight excluding hydrogens is 322 g/mol. The normalized spacial score (nSPS) is 15.4. The van der Waals surface area contributed by atoms with Crippen molar-refractivity contribution in [3.05, 3.63) is 17.5 Å². The Morgan fingerprint density at radius 1 is 1.39 bits per heavy atom. The van der Waals surface area contributed by atoms with E-state index in [0.717, 1.165) is 0 Å². The molecule has 0 unspecified atom stereocenters.